The van der Waals surface area contributed by atoms with Gasteiger partial charge in [-0.15, -0.1) is 0 Å². The van der Waals surface area contributed by atoms with Gasteiger partial charge in [0.25, 0.3) is 0 Å². The Bertz CT molecular complexity index is 971. The monoisotopic (exact) mass is 350 g/mol. The Hall–Kier alpha value is -3.23. The van der Waals surface area contributed by atoms with E-state index in [1.165, 1.54) is 42.6 Å². The highest BCUT2D eigenvalue weighted by Crippen LogP contribution is 2.27. The Morgan fingerprint density at radius 1 is 1.08 bits per heavy atom. The topological polar surface area (TPSA) is 74.4 Å². The first-order chi connectivity index (χ1) is 11.8. The molecule has 0 aliphatic carbocycles. The van der Waals surface area contributed by atoms with Gasteiger partial charge in [-0.05, 0) is 42.5 Å². The minimum Gasteiger partial charge on any atom is -0.302 e. The number of rotatable bonds is 3. The molecule has 0 aliphatic heterocycles. The third-order valence-corrected chi connectivity index (χ3v) is 3.31. The minimum absolute atomic E-state index is 0.151. The first-order valence-corrected chi connectivity index (χ1v) is 6.99. The second-order valence-electron chi connectivity index (χ2n) is 5.06. The summed E-state index contributed by atoms with van der Waals surface area (Å²) >= 11 is 0. The van der Waals surface area contributed by atoms with Crippen molar-refractivity contribution in [2.45, 2.75) is 6.18 Å². The van der Waals surface area contributed by atoms with Gasteiger partial charge in [0.15, 0.2) is 0 Å². The molecule has 2 aromatic heterocycles. The summed E-state index contributed by atoms with van der Waals surface area (Å²) in [5.41, 5.74) is -0.686. The van der Waals surface area contributed by atoms with E-state index in [2.05, 4.69) is 15.2 Å². The maximum Gasteiger partial charge on any atom is 0.431 e. The van der Waals surface area contributed by atoms with Gasteiger partial charge >= 0.3 is 11.9 Å². The molecular weight excluding hydrogens is 340 g/mol. The Labute approximate surface area is 138 Å². The molecule has 3 aromatic rings. The van der Waals surface area contributed by atoms with Gasteiger partial charge in [0, 0.05) is 11.1 Å². The van der Waals surface area contributed by atoms with E-state index in [-0.39, 0.29) is 5.69 Å². The molecule has 0 aliphatic rings. The average molecular weight is 350 g/mol. The molecule has 9 heteroatoms. The van der Waals surface area contributed by atoms with E-state index in [0.717, 1.165) is 6.07 Å². The molecular formula is C16H10F4N4O. The van der Waals surface area contributed by atoms with Crippen molar-refractivity contribution < 1.29 is 17.6 Å². The molecule has 1 aromatic carbocycles. The number of alkyl halides is 3. The van der Waals surface area contributed by atoms with Gasteiger partial charge in [-0.2, -0.15) is 23.3 Å². The number of H-pyrrole nitrogens is 2. The van der Waals surface area contributed by atoms with Gasteiger partial charge in [-0.3, -0.25) is 5.10 Å². The minimum atomic E-state index is -4.68. The van der Waals surface area contributed by atoms with Crippen molar-refractivity contribution in [1.29, 1.82) is 0 Å². The van der Waals surface area contributed by atoms with Crippen molar-refractivity contribution in [3.8, 4) is 11.3 Å². The van der Waals surface area contributed by atoms with Crippen molar-refractivity contribution in [3.05, 3.63) is 69.8 Å². The maximum absolute atomic E-state index is 13.0. The summed E-state index contributed by atoms with van der Waals surface area (Å²) in [6.07, 6.45) is -0.501. The molecule has 0 spiro atoms. The predicted molar refractivity (Wildman–Crippen MR) is 82.8 cm³/mol. The SMILES string of the molecule is O=c1nc(C=Cc2cn[nH]c2-c2ccc(F)cc2)cc(C(F)(F)F)[nH]1. The number of nitrogens with zero attached hydrogens (tertiary/aromatic N) is 2. The van der Waals surface area contributed by atoms with Crippen molar-refractivity contribution >= 4 is 12.2 Å². The summed E-state index contributed by atoms with van der Waals surface area (Å²) < 4.78 is 51.1. The molecule has 0 saturated heterocycles. The lowest BCUT2D eigenvalue weighted by Gasteiger charge is -2.05. The van der Waals surface area contributed by atoms with E-state index in [4.69, 9.17) is 0 Å². The van der Waals surface area contributed by atoms with E-state index >= 15 is 0 Å². The zero-order valence-corrected chi connectivity index (χ0v) is 12.4. The molecule has 5 nitrogen and oxygen atoms in total. The lowest BCUT2D eigenvalue weighted by atomic mass is 10.1. The van der Waals surface area contributed by atoms with Crippen LogP contribution in [0.3, 0.4) is 0 Å². The molecule has 0 fully saturated rings. The summed E-state index contributed by atoms with van der Waals surface area (Å²) in [5.74, 6) is -0.396. The molecule has 128 valence electrons. The second kappa shape index (κ2) is 6.34. The van der Waals surface area contributed by atoms with Crippen LogP contribution in [0.4, 0.5) is 17.6 Å². The van der Waals surface area contributed by atoms with Gasteiger partial charge in [-0.1, -0.05) is 0 Å². The quantitative estimate of drug-likeness (QED) is 0.710. The van der Waals surface area contributed by atoms with E-state index in [0.29, 0.717) is 16.8 Å². The molecule has 2 N–H and O–H groups in total. The van der Waals surface area contributed by atoms with Crippen LogP contribution in [0.5, 0.6) is 0 Å². The van der Waals surface area contributed by atoms with Gasteiger partial charge in [-0.25, -0.2) is 9.18 Å². The highest BCUT2D eigenvalue weighted by Gasteiger charge is 2.32. The van der Waals surface area contributed by atoms with E-state index in [1.54, 1.807) is 4.98 Å². The van der Waals surface area contributed by atoms with Crippen LogP contribution < -0.4 is 5.69 Å². The first kappa shape index (κ1) is 16.6. The molecule has 0 amide bonds. The summed E-state index contributed by atoms with van der Waals surface area (Å²) in [6, 6.07) is 6.35. The van der Waals surface area contributed by atoms with Gasteiger partial charge in [0.1, 0.15) is 11.5 Å². The lowest BCUT2D eigenvalue weighted by Crippen LogP contribution is -2.19. The fraction of sp³-hybridized carbons (Fsp3) is 0.0625. The van der Waals surface area contributed by atoms with Crippen molar-refractivity contribution in [1.82, 2.24) is 20.2 Å². The molecule has 0 unspecified atom stereocenters. The van der Waals surface area contributed by atoms with E-state index in [9.17, 15) is 22.4 Å². The summed E-state index contributed by atoms with van der Waals surface area (Å²) in [7, 11) is 0. The number of hydrogen-bond donors (Lipinski definition) is 2. The van der Waals surface area contributed by atoms with Gasteiger partial charge in [0.2, 0.25) is 0 Å². The van der Waals surface area contributed by atoms with Crippen LogP contribution >= 0.6 is 0 Å². The lowest BCUT2D eigenvalue weighted by molar-refractivity contribution is -0.141. The normalized spacial score (nSPS) is 12.0. The first-order valence-electron chi connectivity index (χ1n) is 6.99. The smallest absolute Gasteiger partial charge is 0.302 e. The third kappa shape index (κ3) is 3.82. The third-order valence-electron chi connectivity index (χ3n) is 3.31. The number of nitrogens with one attached hydrogen (secondary N) is 2. The summed E-state index contributed by atoms with van der Waals surface area (Å²) in [6.45, 7) is 0. The summed E-state index contributed by atoms with van der Waals surface area (Å²) in [4.78, 5) is 16.4. The number of aromatic amines is 2. The van der Waals surface area contributed by atoms with Crippen LogP contribution in [0, 0.1) is 5.82 Å². The van der Waals surface area contributed by atoms with Crippen LogP contribution in [0.25, 0.3) is 23.4 Å². The molecule has 25 heavy (non-hydrogen) atoms. The number of halogens is 4. The van der Waals surface area contributed by atoms with Crippen LogP contribution in [-0.2, 0) is 6.18 Å². The predicted octanol–water partition coefficient (Wildman–Crippen LogP) is 3.49. The molecule has 0 atom stereocenters. The zero-order chi connectivity index (χ0) is 18.0. The maximum atomic E-state index is 13.0. The standard InChI is InChI=1S/C16H10F4N4O/c17-11-4-1-9(2-5-11)14-10(8-21-24-14)3-6-12-7-13(16(18,19)20)23-15(25)22-12/h1-8H,(H,21,24)(H,22,23,25). The van der Waals surface area contributed by atoms with Crippen LogP contribution in [0.15, 0.2) is 41.3 Å². The van der Waals surface area contributed by atoms with Crippen LogP contribution in [-0.4, -0.2) is 20.2 Å². The van der Waals surface area contributed by atoms with E-state index in [1.807, 2.05) is 0 Å². The fourth-order valence-electron chi connectivity index (χ4n) is 2.16. The van der Waals surface area contributed by atoms with Crippen molar-refractivity contribution in [3.63, 3.8) is 0 Å². The zero-order valence-electron chi connectivity index (χ0n) is 12.4. The fourth-order valence-corrected chi connectivity index (χ4v) is 2.16. The van der Waals surface area contributed by atoms with E-state index < -0.39 is 23.4 Å². The van der Waals surface area contributed by atoms with Crippen LogP contribution in [0.1, 0.15) is 17.0 Å². The highest BCUT2D eigenvalue weighted by atomic mass is 19.4. The molecule has 0 saturated carbocycles. The van der Waals surface area contributed by atoms with Gasteiger partial charge in [0.05, 0.1) is 17.6 Å². The number of benzene rings is 1. The average Bonchev–Trinajstić information content (AvgIpc) is 3.01. The number of aromatic nitrogens is 4. The molecule has 0 bridgehead atoms. The van der Waals surface area contributed by atoms with Crippen molar-refractivity contribution in [2.75, 3.05) is 0 Å². The summed E-state index contributed by atoms with van der Waals surface area (Å²) in [5, 5.41) is 6.60. The Kier molecular flexibility index (Phi) is 4.22. The van der Waals surface area contributed by atoms with Crippen molar-refractivity contribution in [2.24, 2.45) is 0 Å². The molecule has 0 radical (unpaired) electrons. The Morgan fingerprint density at radius 2 is 1.80 bits per heavy atom. The molecule has 3 rings (SSSR count). The van der Waals surface area contributed by atoms with Gasteiger partial charge < -0.3 is 4.98 Å². The highest BCUT2D eigenvalue weighted by molar-refractivity contribution is 5.77. The Morgan fingerprint density at radius 3 is 2.48 bits per heavy atom. The number of hydrogen-bond acceptors (Lipinski definition) is 3. The Balaban J connectivity index is 1.94. The second-order valence-corrected chi connectivity index (χ2v) is 5.06. The van der Waals surface area contributed by atoms with Crippen LogP contribution in [0.2, 0.25) is 0 Å². The largest absolute Gasteiger partial charge is 0.431 e. The molecule has 2 heterocycles.